The second kappa shape index (κ2) is 18.2. The van der Waals surface area contributed by atoms with Gasteiger partial charge in [0.05, 0.1) is 28.8 Å². The van der Waals surface area contributed by atoms with Crippen molar-refractivity contribution in [2.75, 3.05) is 5.75 Å². The number of carbonyl (C=O) groups excluding carboxylic acids is 3. The highest BCUT2D eigenvalue weighted by Crippen LogP contribution is 2.41. The van der Waals surface area contributed by atoms with Crippen LogP contribution in [0.15, 0.2) is 103 Å². The maximum Gasteiger partial charge on any atom is 0.338 e. The molecule has 1 saturated heterocycles. The van der Waals surface area contributed by atoms with Crippen LogP contribution in [0, 0.1) is 0 Å². The molecule has 0 saturated carbocycles. The lowest BCUT2D eigenvalue weighted by Gasteiger charge is -2.47. The van der Waals surface area contributed by atoms with Gasteiger partial charge in [0.15, 0.2) is 26.6 Å². The number of esters is 3. The highest BCUT2D eigenvalue weighted by molar-refractivity contribution is 7.99. The standard InChI is InChI=1S/C42H53NO9S2Si/c1-41(2,3)54(47)43-32-26-18-25-31(52-55(7,8)42(4,5)6)27-53-40-36(50-39(46)30-23-16-11-17-24-30)35(49-38(45)29-21-14-10-15-22-29)34(33(32)51-40)48-37(44)28-19-12-9-13-20-28/h9-25,31-36,40,43H,26-27H2,1-8H3/b25-18+/t31?,32-,33-,34+,35+,36-,40-,54?/m1/s1. The smallest absolute Gasteiger partial charge is 0.338 e. The highest BCUT2D eigenvalue weighted by atomic mass is 32.2. The SMILES string of the molecule is CC(C)(C)[S+]([O-])N[C@@H]1C/C=C/C(O[Si](C)(C)C(C)(C)C)CS[C@H]2O[C@H]1[C@H](OC(=O)c1ccccc1)[C@H](OC(=O)c1ccccc1)[C@H]2OC(=O)c1ccccc1. The third-order valence-corrected chi connectivity index (χ3v) is 17.3. The summed E-state index contributed by atoms with van der Waals surface area (Å²) in [5, 5.41) is -0.0682. The first-order chi connectivity index (χ1) is 25.9. The van der Waals surface area contributed by atoms with E-state index in [4.69, 9.17) is 23.4 Å². The van der Waals surface area contributed by atoms with E-state index in [0.717, 1.165) is 0 Å². The van der Waals surface area contributed by atoms with Gasteiger partial charge in [0.2, 0.25) is 0 Å². The minimum atomic E-state index is -2.26. The maximum atomic E-state index is 14.0. The number of fused-ring (bicyclic) bond motifs is 2. The van der Waals surface area contributed by atoms with E-state index < -0.39 is 78.2 Å². The Bertz CT molecular complexity index is 1770. The first-order valence-electron chi connectivity index (χ1n) is 18.5. The second-order valence-electron chi connectivity index (χ2n) is 16.2. The average molecular weight is 808 g/mol. The molecule has 1 N–H and O–H groups in total. The molecule has 10 nitrogen and oxygen atoms in total. The van der Waals surface area contributed by atoms with Crippen molar-refractivity contribution in [3.63, 3.8) is 0 Å². The predicted molar refractivity (Wildman–Crippen MR) is 219 cm³/mol. The summed E-state index contributed by atoms with van der Waals surface area (Å²) in [5.74, 6) is -1.65. The summed E-state index contributed by atoms with van der Waals surface area (Å²) in [4.78, 5) is 41.7. The number of rotatable bonds is 10. The Morgan fingerprint density at radius 2 is 1.20 bits per heavy atom. The van der Waals surface area contributed by atoms with Gasteiger partial charge in [-0.05, 0) is 81.7 Å². The third-order valence-electron chi connectivity index (χ3n) is 9.92. The molecule has 3 aromatic rings. The van der Waals surface area contributed by atoms with Gasteiger partial charge in [0.25, 0.3) is 0 Å². The van der Waals surface area contributed by atoms with Crippen molar-refractivity contribution in [2.24, 2.45) is 0 Å². The fraction of sp³-hybridized carbons (Fsp3) is 0.452. The van der Waals surface area contributed by atoms with Crippen molar-refractivity contribution in [3.8, 4) is 0 Å². The van der Waals surface area contributed by atoms with Gasteiger partial charge in [-0.15, -0.1) is 16.5 Å². The molecule has 13 heteroatoms. The number of hydrogen-bond acceptors (Lipinski definition) is 11. The molecule has 55 heavy (non-hydrogen) atoms. The van der Waals surface area contributed by atoms with E-state index >= 15 is 0 Å². The normalized spacial score (nSPS) is 25.9. The zero-order valence-electron chi connectivity index (χ0n) is 32.8. The summed E-state index contributed by atoms with van der Waals surface area (Å²) >= 11 is -0.230. The van der Waals surface area contributed by atoms with Crippen LogP contribution >= 0.6 is 11.8 Å². The monoisotopic (exact) mass is 807 g/mol. The van der Waals surface area contributed by atoms with Crippen LogP contribution in [0.3, 0.4) is 0 Å². The van der Waals surface area contributed by atoms with E-state index in [9.17, 15) is 18.9 Å². The topological polar surface area (TPSA) is 132 Å². The predicted octanol–water partition coefficient (Wildman–Crippen LogP) is 7.89. The van der Waals surface area contributed by atoms with Crippen LogP contribution in [-0.4, -0.2) is 83.3 Å². The summed E-state index contributed by atoms with van der Waals surface area (Å²) in [6.45, 7) is 16.5. The Hall–Kier alpha value is -3.43. The molecular formula is C42H53NO9S2Si. The molecular weight excluding hydrogens is 755 g/mol. The Labute approximate surface area is 333 Å². The van der Waals surface area contributed by atoms with Crippen LogP contribution in [-0.2, 0) is 34.7 Å². The lowest BCUT2D eigenvalue weighted by Crippen LogP contribution is -2.66. The first kappa shape index (κ1) is 42.7. The van der Waals surface area contributed by atoms with Crippen molar-refractivity contribution >= 4 is 49.3 Å². The van der Waals surface area contributed by atoms with Gasteiger partial charge in [-0.3, -0.25) is 0 Å². The van der Waals surface area contributed by atoms with Crippen LogP contribution in [0.5, 0.6) is 0 Å². The minimum absolute atomic E-state index is 0.0682. The molecule has 8 atom stereocenters. The number of thioether (sulfide) groups is 1. The van der Waals surface area contributed by atoms with Crippen molar-refractivity contribution in [1.82, 2.24) is 4.72 Å². The van der Waals surface area contributed by atoms with Crippen molar-refractivity contribution in [1.29, 1.82) is 0 Å². The zero-order valence-corrected chi connectivity index (χ0v) is 35.4. The van der Waals surface area contributed by atoms with Gasteiger partial charge < -0.3 is 27.9 Å². The molecule has 0 radical (unpaired) electrons. The molecule has 2 bridgehead atoms. The summed E-state index contributed by atoms with van der Waals surface area (Å²) in [7, 11) is -2.26. The van der Waals surface area contributed by atoms with E-state index in [2.05, 4.69) is 38.6 Å². The van der Waals surface area contributed by atoms with E-state index in [-0.39, 0.29) is 27.8 Å². The Balaban J connectivity index is 1.65. The fourth-order valence-electron chi connectivity index (χ4n) is 5.80. The van der Waals surface area contributed by atoms with Crippen molar-refractivity contribution in [2.45, 2.75) is 113 Å². The molecule has 3 aromatic carbocycles. The van der Waals surface area contributed by atoms with E-state index in [1.54, 1.807) is 91.0 Å². The third kappa shape index (κ3) is 11.1. The molecule has 0 aromatic heterocycles. The van der Waals surface area contributed by atoms with Crippen LogP contribution in [0.2, 0.25) is 18.1 Å². The molecule has 0 aliphatic carbocycles. The molecule has 2 aliphatic rings. The Morgan fingerprint density at radius 1 is 0.745 bits per heavy atom. The van der Waals surface area contributed by atoms with Crippen LogP contribution in [0.4, 0.5) is 0 Å². The number of nitrogens with one attached hydrogen (secondary N) is 1. The van der Waals surface area contributed by atoms with Crippen LogP contribution < -0.4 is 4.72 Å². The highest BCUT2D eigenvalue weighted by Gasteiger charge is 2.56. The average Bonchev–Trinajstić information content (AvgIpc) is 3.14. The van der Waals surface area contributed by atoms with Crippen molar-refractivity contribution < 1.29 is 42.3 Å². The number of hydrogen-bond donors (Lipinski definition) is 1. The number of carbonyl (C=O) groups is 3. The van der Waals surface area contributed by atoms with E-state index in [1.807, 2.05) is 32.9 Å². The molecule has 2 heterocycles. The Morgan fingerprint density at radius 3 is 1.65 bits per heavy atom. The molecule has 0 spiro atoms. The fourth-order valence-corrected chi connectivity index (χ4v) is 9.22. The number of ether oxygens (including phenoxy) is 4. The van der Waals surface area contributed by atoms with Gasteiger partial charge >= 0.3 is 17.9 Å². The van der Waals surface area contributed by atoms with Gasteiger partial charge in [0, 0.05) is 17.1 Å². The van der Waals surface area contributed by atoms with Gasteiger partial charge in [-0.2, -0.15) is 0 Å². The summed E-state index contributed by atoms with van der Waals surface area (Å²) in [6.07, 6.45) is -0.973. The van der Waals surface area contributed by atoms with Gasteiger partial charge in [-0.1, -0.05) is 87.5 Å². The summed E-state index contributed by atoms with van der Waals surface area (Å²) < 4.78 is 49.1. The van der Waals surface area contributed by atoms with Crippen LogP contribution in [0.25, 0.3) is 0 Å². The Kier molecular flexibility index (Phi) is 14.1. The molecule has 0 amide bonds. The molecule has 296 valence electrons. The minimum Gasteiger partial charge on any atom is -0.598 e. The maximum absolute atomic E-state index is 14.0. The summed E-state index contributed by atoms with van der Waals surface area (Å²) in [5.41, 5.74) is -0.130. The van der Waals surface area contributed by atoms with E-state index in [1.165, 1.54) is 11.8 Å². The van der Waals surface area contributed by atoms with Crippen LogP contribution in [0.1, 0.15) is 79.0 Å². The second-order valence-corrected chi connectivity index (χ2v) is 24.1. The van der Waals surface area contributed by atoms with Gasteiger partial charge in [-0.25, -0.2) is 14.4 Å². The molecule has 2 unspecified atom stereocenters. The van der Waals surface area contributed by atoms with Gasteiger partial charge in [0.1, 0.15) is 16.3 Å². The molecule has 1 fully saturated rings. The lowest BCUT2D eigenvalue weighted by atomic mass is 9.92. The number of benzene rings is 3. The van der Waals surface area contributed by atoms with Crippen molar-refractivity contribution in [3.05, 3.63) is 120 Å². The quantitative estimate of drug-likeness (QED) is 0.0705. The zero-order chi connectivity index (χ0) is 40.0. The lowest BCUT2D eigenvalue weighted by molar-refractivity contribution is -0.205. The largest absolute Gasteiger partial charge is 0.598 e. The molecule has 2 aliphatic heterocycles. The van der Waals surface area contributed by atoms with E-state index in [0.29, 0.717) is 12.2 Å². The first-order valence-corrected chi connectivity index (χ1v) is 23.6. The molecule has 5 rings (SSSR count). The summed E-state index contributed by atoms with van der Waals surface area (Å²) in [6, 6.07) is 24.6.